The first-order valence-corrected chi connectivity index (χ1v) is 12.9. The third-order valence-corrected chi connectivity index (χ3v) is 7.51. The molecule has 2 fully saturated rings. The third kappa shape index (κ3) is 7.03. The second-order valence-corrected chi connectivity index (χ2v) is 10.2. The number of likely N-dealkylation sites (tertiary alicyclic amines) is 2. The maximum atomic E-state index is 13.2. The lowest BCUT2D eigenvalue weighted by atomic mass is 9.76. The first-order chi connectivity index (χ1) is 18.0. The van der Waals surface area contributed by atoms with Gasteiger partial charge in [-0.3, -0.25) is 9.69 Å². The molecule has 0 bridgehead atoms. The molecule has 2 aromatic carbocycles. The van der Waals surface area contributed by atoms with Crippen molar-refractivity contribution in [3.63, 3.8) is 0 Å². The van der Waals surface area contributed by atoms with Crippen LogP contribution in [-0.2, 0) is 16.1 Å². The fraction of sp³-hybridized carbons (Fsp3) is 0.500. The van der Waals surface area contributed by atoms with Crippen LogP contribution in [0, 0.1) is 5.82 Å². The van der Waals surface area contributed by atoms with Crippen molar-refractivity contribution < 1.29 is 37.0 Å². The first kappa shape index (κ1) is 27.9. The van der Waals surface area contributed by atoms with Gasteiger partial charge in [-0.2, -0.15) is 13.2 Å². The van der Waals surface area contributed by atoms with Gasteiger partial charge in [0.05, 0.1) is 0 Å². The number of carbonyl (C=O) groups excluding carboxylic acids is 1. The highest BCUT2D eigenvalue weighted by Crippen LogP contribution is 2.46. The van der Waals surface area contributed by atoms with Crippen LogP contribution in [0.2, 0.25) is 0 Å². The number of amides is 1. The third-order valence-electron chi connectivity index (χ3n) is 7.51. The number of carboxylic acids is 1. The summed E-state index contributed by atoms with van der Waals surface area (Å²) in [6, 6.07) is 15.1. The van der Waals surface area contributed by atoms with E-state index in [9.17, 15) is 22.4 Å². The summed E-state index contributed by atoms with van der Waals surface area (Å²) in [5, 5.41) is 7.12. The summed E-state index contributed by atoms with van der Waals surface area (Å²) < 4.78 is 51.5. The molecule has 10 heteroatoms. The summed E-state index contributed by atoms with van der Waals surface area (Å²) in [7, 11) is 0. The molecule has 1 amide bonds. The van der Waals surface area contributed by atoms with Gasteiger partial charge >= 0.3 is 12.1 Å². The van der Waals surface area contributed by atoms with Crippen LogP contribution in [0.3, 0.4) is 0 Å². The normalized spacial score (nSPS) is 20.7. The number of carboxylic acid groups (broad SMARTS) is 1. The van der Waals surface area contributed by atoms with Gasteiger partial charge in [0.1, 0.15) is 17.2 Å². The molecule has 206 valence electrons. The van der Waals surface area contributed by atoms with E-state index < -0.39 is 12.1 Å². The van der Waals surface area contributed by atoms with Gasteiger partial charge in [-0.25, -0.2) is 9.18 Å². The molecule has 2 saturated heterocycles. The van der Waals surface area contributed by atoms with Crippen LogP contribution < -0.4 is 4.74 Å². The van der Waals surface area contributed by atoms with E-state index in [4.69, 9.17) is 14.6 Å². The molecule has 0 aliphatic carbocycles. The second kappa shape index (κ2) is 11.7. The lowest BCUT2D eigenvalue weighted by Crippen LogP contribution is -2.50. The molecule has 0 saturated carbocycles. The number of fused-ring (bicyclic) bond motifs is 1. The van der Waals surface area contributed by atoms with Gasteiger partial charge < -0.3 is 14.7 Å². The van der Waals surface area contributed by atoms with Crippen LogP contribution in [0.5, 0.6) is 5.75 Å². The second-order valence-electron chi connectivity index (χ2n) is 10.2. The minimum atomic E-state index is -5.08. The van der Waals surface area contributed by atoms with Gasteiger partial charge in [0.25, 0.3) is 0 Å². The predicted molar refractivity (Wildman–Crippen MR) is 132 cm³/mol. The van der Waals surface area contributed by atoms with E-state index in [2.05, 4.69) is 23.1 Å². The van der Waals surface area contributed by atoms with Gasteiger partial charge in [0.15, 0.2) is 0 Å². The minimum absolute atomic E-state index is 0.190. The molecule has 6 nitrogen and oxygen atoms in total. The number of aliphatic carboxylic acids is 1. The molecule has 3 aliphatic rings. The maximum Gasteiger partial charge on any atom is 0.490 e. The molecular formula is C28H32F4N2O4. The number of hydrogen-bond donors (Lipinski definition) is 1. The van der Waals surface area contributed by atoms with Gasteiger partial charge in [-0.15, -0.1) is 0 Å². The Morgan fingerprint density at radius 3 is 2.18 bits per heavy atom. The average molecular weight is 537 g/mol. The number of rotatable bonds is 4. The average Bonchev–Trinajstić information content (AvgIpc) is 3.42. The molecule has 1 N–H and O–H groups in total. The highest BCUT2D eigenvalue weighted by Gasteiger charge is 2.44. The van der Waals surface area contributed by atoms with Crippen molar-refractivity contribution >= 4 is 11.9 Å². The number of alkyl halides is 3. The first-order valence-electron chi connectivity index (χ1n) is 12.9. The lowest BCUT2D eigenvalue weighted by molar-refractivity contribution is -0.192. The van der Waals surface area contributed by atoms with Crippen molar-refractivity contribution in [1.82, 2.24) is 9.80 Å². The Kier molecular flexibility index (Phi) is 8.60. The van der Waals surface area contributed by atoms with E-state index in [-0.39, 0.29) is 17.3 Å². The van der Waals surface area contributed by atoms with Gasteiger partial charge in [-0.05, 0) is 61.4 Å². The molecule has 3 heterocycles. The van der Waals surface area contributed by atoms with E-state index in [0.717, 1.165) is 76.1 Å². The minimum Gasteiger partial charge on any atom is -0.487 e. The van der Waals surface area contributed by atoms with Crippen molar-refractivity contribution in [3.05, 3.63) is 65.5 Å². The van der Waals surface area contributed by atoms with Crippen LogP contribution in [0.4, 0.5) is 17.6 Å². The van der Waals surface area contributed by atoms with Gasteiger partial charge in [0, 0.05) is 45.1 Å². The van der Waals surface area contributed by atoms with Gasteiger partial charge in [-0.1, -0.05) is 30.3 Å². The Balaban J connectivity index is 0.000000426. The fourth-order valence-corrected chi connectivity index (χ4v) is 5.51. The Bertz CT molecular complexity index is 1110. The number of nitrogens with zero attached hydrogens (tertiary/aromatic N) is 2. The molecule has 0 radical (unpaired) electrons. The van der Waals surface area contributed by atoms with Crippen molar-refractivity contribution in [2.45, 2.75) is 62.8 Å². The van der Waals surface area contributed by atoms with Crippen LogP contribution >= 0.6 is 0 Å². The molecule has 1 atom stereocenters. The molecule has 38 heavy (non-hydrogen) atoms. The maximum absolute atomic E-state index is 13.2. The standard InChI is InChI=1S/C26H31FN2O2.C2HF3O2/c27-22-9-7-20(8-10-22)19-28-15-11-26(12-16-28)18-21(17-25(30)29-13-3-4-14-29)23-5-1-2-6-24(23)31-26;3-2(4,5)1(6)7/h1-2,5-10,21H,3-4,11-19H2;(H,6,7). The SMILES string of the molecule is O=C(CC1CC2(CCN(Cc3ccc(F)cc3)CC2)Oc2ccccc21)N1CCCC1.O=C(O)C(F)(F)F. The highest BCUT2D eigenvalue weighted by molar-refractivity contribution is 5.77. The number of para-hydroxylation sites is 1. The molecule has 1 unspecified atom stereocenters. The van der Waals surface area contributed by atoms with Crippen LogP contribution in [0.1, 0.15) is 55.6 Å². The molecule has 5 rings (SSSR count). The Morgan fingerprint density at radius 1 is 0.974 bits per heavy atom. The summed E-state index contributed by atoms with van der Waals surface area (Å²) in [4.78, 5) is 26.3. The molecular weight excluding hydrogens is 504 g/mol. The predicted octanol–water partition coefficient (Wildman–Crippen LogP) is 5.37. The summed E-state index contributed by atoms with van der Waals surface area (Å²) in [5.41, 5.74) is 2.14. The number of hydrogen-bond acceptors (Lipinski definition) is 4. The fourth-order valence-electron chi connectivity index (χ4n) is 5.51. The molecule has 3 aliphatic heterocycles. The summed E-state index contributed by atoms with van der Waals surface area (Å²) in [6.45, 7) is 4.56. The monoisotopic (exact) mass is 536 g/mol. The highest BCUT2D eigenvalue weighted by atomic mass is 19.4. The quantitative estimate of drug-likeness (QED) is 0.532. The topological polar surface area (TPSA) is 70.1 Å². The van der Waals surface area contributed by atoms with Gasteiger partial charge in [0.2, 0.25) is 5.91 Å². The summed E-state index contributed by atoms with van der Waals surface area (Å²) >= 11 is 0. The number of benzene rings is 2. The van der Waals surface area contributed by atoms with Crippen LogP contribution in [0.15, 0.2) is 48.5 Å². The number of ether oxygens (including phenoxy) is 1. The zero-order chi connectivity index (χ0) is 27.3. The van der Waals surface area contributed by atoms with E-state index >= 15 is 0 Å². The van der Waals surface area contributed by atoms with E-state index in [0.29, 0.717) is 12.3 Å². The van der Waals surface area contributed by atoms with E-state index in [1.165, 1.54) is 17.7 Å². The lowest BCUT2D eigenvalue weighted by Gasteiger charge is -2.47. The zero-order valence-corrected chi connectivity index (χ0v) is 21.1. The molecule has 2 aromatic rings. The number of halogens is 4. The van der Waals surface area contributed by atoms with Crippen LogP contribution in [-0.4, -0.2) is 64.7 Å². The Hall–Kier alpha value is -3.14. The molecule has 1 spiro atoms. The summed E-state index contributed by atoms with van der Waals surface area (Å²) in [6.07, 6.45) is 0.580. The largest absolute Gasteiger partial charge is 0.490 e. The zero-order valence-electron chi connectivity index (χ0n) is 21.1. The van der Waals surface area contributed by atoms with E-state index in [1.54, 1.807) is 0 Å². The van der Waals surface area contributed by atoms with E-state index in [1.807, 2.05) is 23.1 Å². The van der Waals surface area contributed by atoms with Crippen LogP contribution in [0.25, 0.3) is 0 Å². The van der Waals surface area contributed by atoms with Crippen molar-refractivity contribution in [1.29, 1.82) is 0 Å². The van der Waals surface area contributed by atoms with Crippen molar-refractivity contribution in [2.24, 2.45) is 0 Å². The number of piperidine rings is 1. The smallest absolute Gasteiger partial charge is 0.487 e. The Morgan fingerprint density at radius 2 is 1.58 bits per heavy atom. The number of carbonyl (C=O) groups is 2. The van der Waals surface area contributed by atoms with Crippen molar-refractivity contribution in [2.75, 3.05) is 26.2 Å². The summed E-state index contributed by atoms with van der Waals surface area (Å²) in [5.74, 6) is -1.47. The van der Waals surface area contributed by atoms with Crippen molar-refractivity contribution in [3.8, 4) is 5.75 Å². The Labute approximate surface area is 219 Å². The molecule has 0 aromatic heterocycles.